The quantitative estimate of drug-likeness (QED) is 0.654. The smallest absolute Gasteiger partial charge is 0.271 e. The van der Waals surface area contributed by atoms with Crippen molar-refractivity contribution < 1.29 is 14.4 Å². The van der Waals surface area contributed by atoms with Gasteiger partial charge in [0.25, 0.3) is 5.91 Å². The Morgan fingerprint density at radius 3 is 2.48 bits per heavy atom. The Labute approximate surface area is 172 Å². The molecule has 1 aliphatic heterocycles. The van der Waals surface area contributed by atoms with E-state index in [0.29, 0.717) is 0 Å². The van der Waals surface area contributed by atoms with Gasteiger partial charge in [0.05, 0.1) is 22.2 Å². The van der Waals surface area contributed by atoms with Gasteiger partial charge in [0.15, 0.2) is 0 Å². The van der Waals surface area contributed by atoms with Crippen LogP contribution in [0, 0.1) is 5.92 Å². The zero-order valence-corrected chi connectivity index (χ0v) is 16.1. The molecule has 0 bridgehead atoms. The van der Waals surface area contributed by atoms with Crippen molar-refractivity contribution in [3.05, 3.63) is 77.3 Å². The van der Waals surface area contributed by atoms with Gasteiger partial charge in [-0.05, 0) is 23.6 Å². The predicted octanol–water partition coefficient (Wildman–Crippen LogP) is 3.31. The first-order valence-electron chi connectivity index (χ1n) is 9.17. The summed E-state index contributed by atoms with van der Waals surface area (Å²) in [5.74, 6) is -1.62. The molecular weight excluding hydrogens is 390 g/mol. The number of hydrazine groups is 1. The number of benzene rings is 3. The number of carbonyl (C=O) groups excluding carboxylic acids is 3. The number of halogens is 1. The summed E-state index contributed by atoms with van der Waals surface area (Å²) in [6.07, 6.45) is 0.0804. The second-order valence-electron chi connectivity index (χ2n) is 6.83. The second-order valence-corrected chi connectivity index (χ2v) is 7.23. The lowest BCUT2D eigenvalue weighted by Gasteiger charge is -2.19. The van der Waals surface area contributed by atoms with Gasteiger partial charge in [-0.3, -0.25) is 25.2 Å². The largest absolute Gasteiger partial charge is 0.311 e. The average molecular weight is 408 g/mol. The van der Waals surface area contributed by atoms with E-state index in [1.54, 1.807) is 29.2 Å². The molecule has 0 unspecified atom stereocenters. The molecule has 1 saturated heterocycles. The van der Waals surface area contributed by atoms with Gasteiger partial charge in [0, 0.05) is 18.4 Å². The molecule has 1 aliphatic rings. The maximum Gasteiger partial charge on any atom is 0.271 e. The van der Waals surface area contributed by atoms with Gasteiger partial charge in [0.1, 0.15) is 0 Å². The Bertz CT molecular complexity index is 1110. The topological polar surface area (TPSA) is 78.5 Å². The van der Waals surface area contributed by atoms with E-state index in [-0.39, 0.29) is 29.5 Å². The highest BCUT2D eigenvalue weighted by atomic mass is 35.5. The molecule has 1 fully saturated rings. The summed E-state index contributed by atoms with van der Waals surface area (Å²) < 4.78 is 0. The van der Waals surface area contributed by atoms with Crippen molar-refractivity contribution >= 4 is 45.8 Å². The van der Waals surface area contributed by atoms with Gasteiger partial charge in [-0.1, -0.05) is 60.1 Å². The lowest BCUT2D eigenvalue weighted by Crippen LogP contribution is -2.45. The van der Waals surface area contributed by atoms with Gasteiger partial charge < -0.3 is 4.90 Å². The van der Waals surface area contributed by atoms with Crippen molar-refractivity contribution in [1.82, 2.24) is 10.9 Å². The Morgan fingerprint density at radius 2 is 1.66 bits per heavy atom. The monoisotopic (exact) mass is 407 g/mol. The van der Waals surface area contributed by atoms with Crippen molar-refractivity contribution in [1.29, 1.82) is 0 Å². The van der Waals surface area contributed by atoms with Crippen molar-refractivity contribution in [2.24, 2.45) is 5.92 Å². The Balaban J connectivity index is 1.44. The third kappa shape index (κ3) is 3.79. The van der Waals surface area contributed by atoms with Crippen LogP contribution in [0.1, 0.15) is 16.8 Å². The standard InChI is InChI=1S/C22H18ClN3O3/c23-18-10-4-3-9-17(18)22(29)25-24-21(28)15-12-20(27)26(13-15)19-11-5-7-14-6-1-2-8-16(14)19/h1-11,15H,12-13H2,(H,24,28)(H,25,29)/t15-/m1/s1. The van der Waals surface area contributed by atoms with Crippen LogP contribution in [0.15, 0.2) is 66.7 Å². The number of amides is 3. The molecule has 146 valence electrons. The van der Waals surface area contributed by atoms with Crippen molar-refractivity contribution in [3.8, 4) is 0 Å². The molecule has 3 aromatic rings. The van der Waals surface area contributed by atoms with Crippen LogP contribution in [-0.4, -0.2) is 24.3 Å². The van der Waals surface area contributed by atoms with Crippen LogP contribution in [0.25, 0.3) is 10.8 Å². The zero-order valence-electron chi connectivity index (χ0n) is 15.4. The van der Waals surface area contributed by atoms with Gasteiger partial charge >= 0.3 is 0 Å². The van der Waals surface area contributed by atoms with Crippen molar-refractivity contribution in [3.63, 3.8) is 0 Å². The van der Waals surface area contributed by atoms with Crippen LogP contribution >= 0.6 is 11.6 Å². The second kappa shape index (κ2) is 7.93. The lowest BCUT2D eigenvalue weighted by molar-refractivity contribution is -0.126. The van der Waals surface area contributed by atoms with Crippen molar-refractivity contribution in [2.45, 2.75) is 6.42 Å². The lowest BCUT2D eigenvalue weighted by atomic mass is 10.1. The molecule has 0 spiro atoms. The Morgan fingerprint density at radius 1 is 0.931 bits per heavy atom. The van der Waals surface area contributed by atoms with Gasteiger partial charge in [-0.2, -0.15) is 0 Å². The van der Waals surface area contributed by atoms with Crippen LogP contribution in [0.5, 0.6) is 0 Å². The molecule has 1 atom stereocenters. The SMILES string of the molecule is O=C(NNC(=O)[C@@H]1CC(=O)N(c2cccc3ccccc23)C1)c1ccccc1Cl. The zero-order chi connectivity index (χ0) is 20.4. The summed E-state index contributed by atoms with van der Waals surface area (Å²) >= 11 is 5.99. The molecule has 0 aromatic heterocycles. The summed E-state index contributed by atoms with van der Waals surface area (Å²) in [6.45, 7) is 0.251. The molecule has 29 heavy (non-hydrogen) atoms. The maximum atomic E-state index is 12.6. The highest BCUT2D eigenvalue weighted by molar-refractivity contribution is 6.33. The van der Waals surface area contributed by atoms with Gasteiger partial charge in [0.2, 0.25) is 11.8 Å². The fourth-order valence-electron chi connectivity index (χ4n) is 3.49. The predicted molar refractivity (Wildman–Crippen MR) is 111 cm³/mol. The fraction of sp³-hybridized carbons (Fsp3) is 0.136. The van der Waals surface area contributed by atoms with Crippen molar-refractivity contribution in [2.75, 3.05) is 11.4 Å². The first-order valence-corrected chi connectivity index (χ1v) is 9.55. The van der Waals surface area contributed by atoms with E-state index in [2.05, 4.69) is 10.9 Å². The van der Waals surface area contributed by atoms with E-state index in [0.717, 1.165) is 16.5 Å². The van der Waals surface area contributed by atoms with E-state index in [4.69, 9.17) is 11.6 Å². The first-order chi connectivity index (χ1) is 14.0. The highest BCUT2D eigenvalue weighted by Crippen LogP contribution is 2.31. The highest BCUT2D eigenvalue weighted by Gasteiger charge is 2.35. The third-order valence-corrected chi connectivity index (χ3v) is 5.30. The van der Waals surface area contributed by atoms with Gasteiger partial charge in [-0.25, -0.2) is 0 Å². The number of fused-ring (bicyclic) bond motifs is 1. The minimum atomic E-state index is -0.562. The minimum Gasteiger partial charge on any atom is -0.311 e. The Kier molecular flexibility index (Phi) is 5.18. The number of carbonyl (C=O) groups is 3. The van der Waals surface area contributed by atoms with Crippen LogP contribution in [-0.2, 0) is 9.59 Å². The van der Waals surface area contributed by atoms with Gasteiger partial charge in [-0.15, -0.1) is 0 Å². The minimum absolute atomic E-state index is 0.0804. The first kappa shape index (κ1) is 19.0. The van der Waals surface area contributed by atoms with E-state index >= 15 is 0 Å². The molecule has 3 aromatic carbocycles. The summed E-state index contributed by atoms with van der Waals surface area (Å²) in [4.78, 5) is 38.9. The van der Waals surface area contributed by atoms with E-state index in [1.807, 2.05) is 42.5 Å². The normalized spacial score (nSPS) is 16.1. The Hall–Kier alpha value is -3.38. The van der Waals surface area contributed by atoms with Crippen LogP contribution in [0.3, 0.4) is 0 Å². The summed E-state index contributed by atoms with van der Waals surface area (Å²) in [5, 5.41) is 2.27. The van der Waals surface area contributed by atoms with E-state index in [9.17, 15) is 14.4 Å². The number of hydrogen-bond acceptors (Lipinski definition) is 3. The van der Waals surface area contributed by atoms with Crippen LogP contribution in [0.2, 0.25) is 5.02 Å². The average Bonchev–Trinajstić information content (AvgIpc) is 3.13. The third-order valence-electron chi connectivity index (χ3n) is 4.97. The summed E-state index contributed by atoms with van der Waals surface area (Å²) in [7, 11) is 0. The molecule has 0 aliphatic carbocycles. The number of rotatable bonds is 3. The molecule has 3 amide bonds. The molecule has 4 rings (SSSR count). The molecule has 0 saturated carbocycles. The molecule has 2 N–H and O–H groups in total. The summed E-state index contributed by atoms with van der Waals surface area (Å²) in [5.41, 5.74) is 5.81. The number of hydrogen-bond donors (Lipinski definition) is 2. The molecule has 1 heterocycles. The van der Waals surface area contributed by atoms with Crippen LogP contribution in [0.4, 0.5) is 5.69 Å². The van der Waals surface area contributed by atoms with E-state index < -0.39 is 17.7 Å². The molecule has 0 radical (unpaired) electrons. The maximum absolute atomic E-state index is 12.6. The fourth-order valence-corrected chi connectivity index (χ4v) is 3.71. The molecule has 6 nitrogen and oxygen atoms in total. The van der Waals surface area contributed by atoms with E-state index in [1.165, 1.54) is 0 Å². The number of nitrogens with zero attached hydrogens (tertiary/aromatic N) is 1. The number of nitrogens with one attached hydrogen (secondary N) is 2. The summed E-state index contributed by atoms with van der Waals surface area (Å²) in [6, 6.07) is 20.1. The molecular formula is C22H18ClN3O3. The van der Waals surface area contributed by atoms with Crippen LogP contribution < -0.4 is 15.8 Å². The number of anilines is 1. The molecule has 7 heteroatoms.